The molecule has 1 aromatic heterocycles. The third-order valence-electron chi connectivity index (χ3n) is 2.20. The second-order valence-electron chi connectivity index (χ2n) is 3.38. The summed E-state index contributed by atoms with van der Waals surface area (Å²) >= 11 is 1.03. The van der Waals surface area contributed by atoms with Crippen molar-refractivity contribution in [3.8, 4) is 6.07 Å². The van der Waals surface area contributed by atoms with Gasteiger partial charge in [-0.2, -0.15) is 5.26 Å². The first-order valence-corrected chi connectivity index (χ1v) is 5.57. The predicted molar refractivity (Wildman–Crippen MR) is 63.8 cm³/mol. The minimum atomic E-state index is -0.266. The summed E-state index contributed by atoms with van der Waals surface area (Å²) in [5.41, 5.74) is 2.03. The number of hydrogen-bond donors (Lipinski definition) is 1. The standard InChI is InChI=1S/C11H8N4OS/c1-7-2-3-8(5-12)4-9(7)14-11(16)10-6-13-15-17-10/h2-4,6H,1H3,(H,14,16). The van der Waals surface area contributed by atoms with Crippen LogP contribution in [0.25, 0.3) is 0 Å². The van der Waals surface area contributed by atoms with Crippen molar-refractivity contribution in [2.24, 2.45) is 0 Å². The molecule has 6 heteroatoms. The fourth-order valence-electron chi connectivity index (χ4n) is 1.28. The van der Waals surface area contributed by atoms with Crippen LogP contribution in [0.5, 0.6) is 0 Å². The number of carbonyl (C=O) groups is 1. The molecule has 0 aliphatic carbocycles. The molecule has 1 amide bonds. The van der Waals surface area contributed by atoms with E-state index in [-0.39, 0.29) is 5.91 Å². The van der Waals surface area contributed by atoms with E-state index in [1.54, 1.807) is 18.2 Å². The molecule has 0 saturated heterocycles. The topological polar surface area (TPSA) is 78.7 Å². The van der Waals surface area contributed by atoms with Gasteiger partial charge in [0.05, 0.1) is 17.8 Å². The molecule has 0 saturated carbocycles. The van der Waals surface area contributed by atoms with Gasteiger partial charge in [0.1, 0.15) is 4.88 Å². The smallest absolute Gasteiger partial charge is 0.269 e. The first-order chi connectivity index (χ1) is 8.20. The molecular formula is C11H8N4OS. The number of benzene rings is 1. The first-order valence-electron chi connectivity index (χ1n) is 4.80. The monoisotopic (exact) mass is 244 g/mol. The average molecular weight is 244 g/mol. The van der Waals surface area contributed by atoms with Gasteiger partial charge in [-0.15, -0.1) is 5.10 Å². The summed E-state index contributed by atoms with van der Waals surface area (Å²) in [6.45, 7) is 1.86. The van der Waals surface area contributed by atoms with E-state index in [2.05, 4.69) is 14.9 Å². The normalized spacial score (nSPS) is 9.65. The van der Waals surface area contributed by atoms with Crippen LogP contribution in [0.1, 0.15) is 20.8 Å². The summed E-state index contributed by atoms with van der Waals surface area (Å²) < 4.78 is 3.62. The van der Waals surface area contributed by atoms with Crippen molar-refractivity contribution in [2.75, 3.05) is 5.32 Å². The maximum absolute atomic E-state index is 11.8. The highest BCUT2D eigenvalue weighted by Gasteiger charge is 2.10. The van der Waals surface area contributed by atoms with E-state index in [4.69, 9.17) is 5.26 Å². The number of amides is 1. The number of nitriles is 1. The summed E-state index contributed by atoms with van der Waals surface area (Å²) in [7, 11) is 0. The number of hydrogen-bond acceptors (Lipinski definition) is 5. The second-order valence-corrected chi connectivity index (χ2v) is 4.16. The van der Waals surface area contributed by atoms with E-state index < -0.39 is 0 Å². The molecule has 2 rings (SSSR count). The molecule has 0 fully saturated rings. The molecule has 1 heterocycles. The molecule has 0 aliphatic rings. The molecule has 0 radical (unpaired) electrons. The van der Waals surface area contributed by atoms with Crippen molar-refractivity contribution in [3.63, 3.8) is 0 Å². The Morgan fingerprint density at radius 2 is 2.35 bits per heavy atom. The summed E-state index contributed by atoms with van der Waals surface area (Å²) in [6, 6.07) is 7.17. The van der Waals surface area contributed by atoms with Gasteiger partial charge in [-0.25, -0.2) is 0 Å². The molecule has 2 aromatic rings. The summed E-state index contributed by atoms with van der Waals surface area (Å²) in [5, 5.41) is 15.1. The van der Waals surface area contributed by atoms with E-state index >= 15 is 0 Å². The maximum Gasteiger partial charge on any atom is 0.269 e. The maximum atomic E-state index is 11.8. The van der Waals surface area contributed by atoms with E-state index in [1.165, 1.54) is 6.20 Å². The molecule has 0 unspecified atom stereocenters. The lowest BCUT2D eigenvalue weighted by Crippen LogP contribution is -2.11. The summed E-state index contributed by atoms with van der Waals surface area (Å²) in [4.78, 5) is 12.2. The fraction of sp³-hybridized carbons (Fsp3) is 0.0909. The van der Waals surface area contributed by atoms with Crippen LogP contribution in [-0.4, -0.2) is 15.5 Å². The van der Waals surface area contributed by atoms with Crippen LogP contribution in [0.15, 0.2) is 24.4 Å². The Bertz CT molecular complexity index is 586. The quantitative estimate of drug-likeness (QED) is 0.875. The van der Waals surface area contributed by atoms with Crippen LogP contribution in [0.2, 0.25) is 0 Å². The van der Waals surface area contributed by atoms with Gasteiger partial charge in [0.2, 0.25) is 0 Å². The van der Waals surface area contributed by atoms with E-state index in [9.17, 15) is 4.79 Å². The number of aryl methyl sites for hydroxylation is 1. The zero-order valence-corrected chi connectivity index (χ0v) is 9.78. The van der Waals surface area contributed by atoms with Crippen LogP contribution in [0.3, 0.4) is 0 Å². The molecule has 17 heavy (non-hydrogen) atoms. The highest BCUT2D eigenvalue weighted by Crippen LogP contribution is 2.17. The predicted octanol–water partition coefficient (Wildman–Crippen LogP) is 1.97. The minimum absolute atomic E-state index is 0.266. The Kier molecular flexibility index (Phi) is 3.12. The van der Waals surface area contributed by atoms with Crippen molar-refractivity contribution in [1.29, 1.82) is 5.26 Å². The highest BCUT2D eigenvalue weighted by atomic mass is 32.1. The Balaban J connectivity index is 2.25. The Hall–Kier alpha value is -2.26. The van der Waals surface area contributed by atoms with Gasteiger partial charge in [0, 0.05) is 5.69 Å². The Labute approximate surface area is 102 Å². The fourth-order valence-corrected chi connectivity index (χ4v) is 1.69. The summed E-state index contributed by atoms with van der Waals surface area (Å²) in [6.07, 6.45) is 1.41. The number of rotatable bonds is 2. The van der Waals surface area contributed by atoms with E-state index in [1.807, 2.05) is 13.0 Å². The minimum Gasteiger partial charge on any atom is -0.321 e. The zero-order valence-electron chi connectivity index (χ0n) is 8.97. The largest absolute Gasteiger partial charge is 0.321 e. The Morgan fingerprint density at radius 3 is 3.00 bits per heavy atom. The number of nitrogens with zero attached hydrogens (tertiary/aromatic N) is 3. The first kappa shape index (κ1) is 11.2. The molecule has 0 atom stereocenters. The Morgan fingerprint density at radius 1 is 1.53 bits per heavy atom. The summed E-state index contributed by atoms with van der Waals surface area (Å²) in [5.74, 6) is -0.266. The molecule has 1 aromatic carbocycles. The number of carbonyl (C=O) groups excluding carboxylic acids is 1. The van der Waals surface area contributed by atoms with Gasteiger partial charge < -0.3 is 5.32 Å². The molecule has 0 bridgehead atoms. The molecule has 5 nitrogen and oxygen atoms in total. The van der Waals surface area contributed by atoms with Gasteiger partial charge in [-0.05, 0) is 36.2 Å². The van der Waals surface area contributed by atoms with Gasteiger partial charge in [-0.3, -0.25) is 4.79 Å². The van der Waals surface area contributed by atoms with E-state index in [0.717, 1.165) is 17.1 Å². The third-order valence-corrected chi connectivity index (χ3v) is 2.86. The lowest BCUT2D eigenvalue weighted by Gasteiger charge is -2.06. The lowest BCUT2D eigenvalue weighted by atomic mass is 10.1. The number of nitrogens with one attached hydrogen (secondary N) is 1. The number of aromatic nitrogens is 2. The molecular weight excluding hydrogens is 236 g/mol. The van der Waals surface area contributed by atoms with Gasteiger partial charge in [0.25, 0.3) is 5.91 Å². The van der Waals surface area contributed by atoms with Crippen LogP contribution in [0.4, 0.5) is 5.69 Å². The third kappa shape index (κ3) is 2.46. The number of anilines is 1. The molecule has 0 spiro atoms. The van der Waals surface area contributed by atoms with Gasteiger partial charge in [-0.1, -0.05) is 10.6 Å². The van der Waals surface area contributed by atoms with Crippen LogP contribution >= 0.6 is 11.5 Å². The van der Waals surface area contributed by atoms with Crippen molar-refractivity contribution in [2.45, 2.75) is 6.92 Å². The van der Waals surface area contributed by atoms with Crippen molar-refractivity contribution in [1.82, 2.24) is 9.59 Å². The molecule has 1 N–H and O–H groups in total. The van der Waals surface area contributed by atoms with Crippen LogP contribution in [-0.2, 0) is 0 Å². The second kappa shape index (κ2) is 4.72. The van der Waals surface area contributed by atoms with Crippen molar-refractivity contribution in [3.05, 3.63) is 40.4 Å². The van der Waals surface area contributed by atoms with Crippen LogP contribution in [0, 0.1) is 18.3 Å². The molecule has 84 valence electrons. The van der Waals surface area contributed by atoms with Gasteiger partial charge >= 0.3 is 0 Å². The average Bonchev–Trinajstić information content (AvgIpc) is 2.85. The zero-order chi connectivity index (χ0) is 12.3. The van der Waals surface area contributed by atoms with E-state index in [0.29, 0.717) is 16.1 Å². The van der Waals surface area contributed by atoms with Crippen molar-refractivity contribution >= 4 is 23.1 Å². The lowest BCUT2D eigenvalue weighted by molar-refractivity contribution is 0.103. The van der Waals surface area contributed by atoms with Crippen LogP contribution < -0.4 is 5.32 Å². The van der Waals surface area contributed by atoms with Gasteiger partial charge in [0.15, 0.2) is 0 Å². The SMILES string of the molecule is Cc1ccc(C#N)cc1NC(=O)c1cnns1. The van der Waals surface area contributed by atoms with Crippen molar-refractivity contribution < 1.29 is 4.79 Å². The highest BCUT2D eigenvalue weighted by molar-refractivity contribution is 7.07. The molecule has 0 aliphatic heterocycles.